The zero-order valence-corrected chi connectivity index (χ0v) is 12.7. The minimum Gasteiger partial charge on any atom is -0.493 e. The molecule has 0 amide bonds. The maximum absolute atomic E-state index is 14.4. The predicted molar refractivity (Wildman–Crippen MR) is 77.8 cm³/mol. The summed E-state index contributed by atoms with van der Waals surface area (Å²) in [4.78, 5) is 0. The van der Waals surface area contributed by atoms with Crippen LogP contribution < -0.4 is 14.8 Å². The van der Waals surface area contributed by atoms with E-state index < -0.39 is 0 Å². The van der Waals surface area contributed by atoms with Gasteiger partial charge in [-0.05, 0) is 37.3 Å². The summed E-state index contributed by atoms with van der Waals surface area (Å²) in [6.07, 6.45) is 2.18. The second-order valence-corrected chi connectivity index (χ2v) is 5.54. The highest BCUT2D eigenvalue weighted by atomic mass is 19.1. The number of nitrogens with one attached hydrogen (secondary N) is 1. The van der Waals surface area contributed by atoms with Crippen LogP contribution in [-0.4, -0.2) is 20.8 Å². The summed E-state index contributed by atoms with van der Waals surface area (Å²) in [6.45, 7) is 5.22. The summed E-state index contributed by atoms with van der Waals surface area (Å²) < 4.78 is 24.8. The molecule has 1 aromatic carbocycles. The van der Waals surface area contributed by atoms with Crippen LogP contribution in [0, 0.1) is 17.7 Å². The molecule has 1 fully saturated rings. The lowest BCUT2D eigenvalue weighted by Gasteiger charge is -2.21. The molecule has 0 aromatic heterocycles. The van der Waals surface area contributed by atoms with Crippen LogP contribution in [-0.2, 0) is 0 Å². The van der Waals surface area contributed by atoms with E-state index in [9.17, 15) is 4.39 Å². The Kier molecular flexibility index (Phi) is 4.86. The first-order valence-corrected chi connectivity index (χ1v) is 7.27. The molecule has 0 heterocycles. The third-order valence-corrected chi connectivity index (χ3v) is 4.05. The average molecular weight is 281 g/mol. The smallest absolute Gasteiger partial charge is 0.163 e. The third-order valence-electron chi connectivity index (χ3n) is 4.05. The molecular formula is C16H24FNO2. The number of hydrogen-bond acceptors (Lipinski definition) is 3. The maximum atomic E-state index is 14.4. The first-order chi connectivity index (χ1) is 9.62. The highest BCUT2D eigenvalue weighted by Gasteiger charge is 2.41. The van der Waals surface area contributed by atoms with Gasteiger partial charge in [0.2, 0.25) is 0 Å². The molecule has 1 aromatic rings. The summed E-state index contributed by atoms with van der Waals surface area (Å²) in [5, 5.41) is 3.47. The molecule has 4 heteroatoms. The summed E-state index contributed by atoms with van der Waals surface area (Å²) in [6, 6.07) is 3.25. The first kappa shape index (κ1) is 15.1. The fourth-order valence-electron chi connectivity index (χ4n) is 2.72. The summed E-state index contributed by atoms with van der Waals surface area (Å²) >= 11 is 0. The Morgan fingerprint density at radius 3 is 2.40 bits per heavy atom. The predicted octanol–water partition coefficient (Wildman–Crippen LogP) is 3.54. The molecule has 3 atom stereocenters. The summed E-state index contributed by atoms with van der Waals surface area (Å²) in [5.41, 5.74) is 0.686. The molecule has 1 aliphatic carbocycles. The van der Waals surface area contributed by atoms with Crippen LogP contribution in [0.4, 0.5) is 4.39 Å². The quantitative estimate of drug-likeness (QED) is 0.829. The number of halogens is 1. The zero-order valence-electron chi connectivity index (χ0n) is 12.7. The SMILES string of the molecule is CCCNC(c1cc(OC)c(OC)cc1F)C1CC1C. The van der Waals surface area contributed by atoms with E-state index in [-0.39, 0.29) is 11.9 Å². The lowest BCUT2D eigenvalue weighted by molar-refractivity contribution is 0.348. The van der Waals surface area contributed by atoms with Crippen LogP contribution in [0.5, 0.6) is 11.5 Å². The van der Waals surface area contributed by atoms with E-state index >= 15 is 0 Å². The molecule has 0 aliphatic heterocycles. The largest absolute Gasteiger partial charge is 0.493 e. The monoisotopic (exact) mass is 281 g/mol. The molecule has 20 heavy (non-hydrogen) atoms. The van der Waals surface area contributed by atoms with E-state index in [2.05, 4.69) is 19.2 Å². The molecule has 0 saturated heterocycles. The molecule has 0 radical (unpaired) electrons. The van der Waals surface area contributed by atoms with Crippen LogP contribution in [0.2, 0.25) is 0 Å². The van der Waals surface area contributed by atoms with Gasteiger partial charge < -0.3 is 14.8 Å². The summed E-state index contributed by atoms with van der Waals surface area (Å²) in [5.74, 6) is 1.95. The van der Waals surface area contributed by atoms with E-state index in [1.165, 1.54) is 13.2 Å². The van der Waals surface area contributed by atoms with Crippen molar-refractivity contribution in [2.45, 2.75) is 32.7 Å². The van der Waals surface area contributed by atoms with Gasteiger partial charge in [0.1, 0.15) is 5.82 Å². The molecule has 112 valence electrons. The van der Waals surface area contributed by atoms with Gasteiger partial charge in [-0.1, -0.05) is 13.8 Å². The highest BCUT2D eigenvalue weighted by molar-refractivity contribution is 5.45. The van der Waals surface area contributed by atoms with Crippen molar-refractivity contribution in [3.8, 4) is 11.5 Å². The minimum absolute atomic E-state index is 0.0600. The van der Waals surface area contributed by atoms with Gasteiger partial charge in [0.15, 0.2) is 11.5 Å². The zero-order chi connectivity index (χ0) is 14.7. The third kappa shape index (κ3) is 3.06. The minimum atomic E-state index is -0.227. The Labute approximate surface area is 120 Å². The van der Waals surface area contributed by atoms with Crippen molar-refractivity contribution < 1.29 is 13.9 Å². The first-order valence-electron chi connectivity index (χ1n) is 7.27. The number of rotatable bonds is 7. The molecule has 1 aliphatic rings. The van der Waals surface area contributed by atoms with Crippen LogP contribution in [0.25, 0.3) is 0 Å². The van der Waals surface area contributed by atoms with Crippen molar-refractivity contribution in [2.24, 2.45) is 11.8 Å². The van der Waals surface area contributed by atoms with Gasteiger partial charge in [0, 0.05) is 17.7 Å². The van der Waals surface area contributed by atoms with Crippen molar-refractivity contribution in [1.29, 1.82) is 0 Å². The Hall–Kier alpha value is -1.29. The van der Waals surface area contributed by atoms with Gasteiger partial charge in [-0.2, -0.15) is 0 Å². The molecule has 3 unspecified atom stereocenters. The number of benzene rings is 1. The average Bonchev–Trinajstić information content (AvgIpc) is 3.17. The summed E-state index contributed by atoms with van der Waals surface area (Å²) in [7, 11) is 3.10. The van der Waals surface area contributed by atoms with Crippen molar-refractivity contribution in [1.82, 2.24) is 5.32 Å². The topological polar surface area (TPSA) is 30.5 Å². The lowest BCUT2D eigenvalue weighted by Crippen LogP contribution is -2.25. The van der Waals surface area contributed by atoms with Crippen molar-refractivity contribution in [3.63, 3.8) is 0 Å². The molecule has 2 rings (SSSR count). The van der Waals surface area contributed by atoms with Gasteiger partial charge in [0.25, 0.3) is 0 Å². The van der Waals surface area contributed by atoms with E-state index in [1.807, 2.05) is 0 Å². The van der Waals surface area contributed by atoms with Crippen LogP contribution in [0.15, 0.2) is 12.1 Å². The Bertz CT molecular complexity index is 464. The van der Waals surface area contributed by atoms with Crippen molar-refractivity contribution in [2.75, 3.05) is 20.8 Å². The molecule has 1 saturated carbocycles. The van der Waals surface area contributed by atoms with Crippen LogP contribution in [0.3, 0.4) is 0 Å². The molecule has 1 N–H and O–H groups in total. The fraction of sp³-hybridized carbons (Fsp3) is 0.625. The second-order valence-electron chi connectivity index (χ2n) is 5.54. The van der Waals surface area contributed by atoms with E-state index in [0.717, 1.165) is 19.4 Å². The van der Waals surface area contributed by atoms with Crippen LogP contribution in [0.1, 0.15) is 38.3 Å². The van der Waals surface area contributed by atoms with Gasteiger partial charge in [0.05, 0.1) is 14.2 Å². The Morgan fingerprint density at radius 1 is 1.30 bits per heavy atom. The molecular weight excluding hydrogens is 257 g/mol. The number of methoxy groups -OCH3 is 2. The van der Waals surface area contributed by atoms with Gasteiger partial charge in [-0.15, -0.1) is 0 Å². The van der Waals surface area contributed by atoms with Gasteiger partial charge in [-0.25, -0.2) is 4.39 Å². The molecule has 0 bridgehead atoms. The highest BCUT2D eigenvalue weighted by Crippen LogP contribution is 2.48. The van der Waals surface area contributed by atoms with Crippen LogP contribution >= 0.6 is 0 Å². The Morgan fingerprint density at radius 2 is 1.90 bits per heavy atom. The molecule has 0 spiro atoms. The van der Waals surface area contributed by atoms with E-state index in [4.69, 9.17) is 9.47 Å². The van der Waals surface area contributed by atoms with E-state index in [0.29, 0.717) is 28.9 Å². The number of ether oxygens (including phenoxy) is 2. The fourth-order valence-corrected chi connectivity index (χ4v) is 2.72. The molecule has 3 nitrogen and oxygen atoms in total. The lowest BCUT2D eigenvalue weighted by atomic mass is 9.99. The van der Waals surface area contributed by atoms with E-state index in [1.54, 1.807) is 13.2 Å². The second kappa shape index (κ2) is 6.44. The van der Waals surface area contributed by atoms with Gasteiger partial charge in [-0.3, -0.25) is 0 Å². The standard InChI is InChI=1S/C16H24FNO2/c1-5-6-18-16(11-7-10(11)2)12-8-14(19-3)15(20-4)9-13(12)17/h8-11,16,18H,5-7H2,1-4H3. The van der Waals surface area contributed by atoms with Crippen molar-refractivity contribution in [3.05, 3.63) is 23.5 Å². The number of hydrogen-bond donors (Lipinski definition) is 1. The normalized spacial score (nSPS) is 22.4. The van der Waals surface area contributed by atoms with Gasteiger partial charge >= 0.3 is 0 Å². The van der Waals surface area contributed by atoms with Crippen molar-refractivity contribution >= 4 is 0 Å². The maximum Gasteiger partial charge on any atom is 0.163 e. The Balaban J connectivity index is 2.31.